The summed E-state index contributed by atoms with van der Waals surface area (Å²) in [6.07, 6.45) is 3.70. The molecule has 4 rings (SSSR count). The van der Waals surface area contributed by atoms with Gasteiger partial charge in [-0.2, -0.15) is 0 Å². The Morgan fingerprint density at radius 1 is 0.694 bits per heavy atom. The zero-order chi connectivity index (χ0) is 25.0. The fraction of sp³-hybridized carbons (Fsp3) is 0.323. The van der Waals surface area contributed by atoms with Gasteiger partial charge in [0.2, 0.25) is 0 Å². The van der Waals surface area contributed by atoms with Crippen LogP contribution in [-0.2, 0) is 43.6 Å². The van der Waals surface area contributed by atoms with Crippen LogP contribution in [0.4, 0.5) is 0 Å². The van der Waals surface area contributed by atoms with Crippen LogP contribution in [0.3, 0.4) is 0 Å². The van der Waals surface area contributed by atoms with E-state index in [0.29, 0.717) is 26.2 Å². The van der Waals surface area contributed by atoms with Gasteiger partial charge in [-0.15, -0.1) is 0 Å². The first-order valence-corrected chi connectivity index (χ1v) is 12.5. The van der Waals surface area contributed by atoms with Crippen molar-refractivity contribution in [2.75, 3.05) is 0 Å². The standard InChI is InChI=1S/C31H34O5/c1-24(32)36-29-20-12-11-19-28(33-21-25-13-5-2-6-14-25)30(34-22-26-15-7-3-8-16-26)31(29)35-23-27-17-9-4-10-18-27/h2-11,13-19,28-31H,12,20-23H2,1H3/b19-11-/t28-,29+,30+,31+/m1/s1. The molecule has 5 nitrogen and oxygen atoms in total. The van der Waals surface area contributed by atoms with E-state index in [9.17, 15) is 4.79 Å². The summed E-state index contributed by atoms with van der Waals surface area (Å²) in [6.45, 7) is 2.64. The fourth-order valence-electron chi connectivity index (χ4n) is 4.34. The van der Waals surface area contributed by atoms with E-state index >= 15 is 0 Å². The number of ether oxygens (including phenoxy) is 4. The molecule has 0 spiro atoms. The molecule has 0 heterocycles. The number of carbonyl (C=O) groups excluding carboxylic acids is 1. The average molecular weight is 487 g/mol. The maximum absolute atomic E-state index is 12.0. The van der Waals surface area contributed by atoms with Crippen molar-refractivity contribution in [3.05, 3.63) is 120 Å². The minimum Gasteiger partial charge on any atom is -0.460 e. The quantitative estimate of drug-likeness (QED) is 0.259. The summed E-state index contributed by atoms with van der Waals surface area (Å²) in [4.78, 5) is 12.0. The average Bonchev–Trinajstić information content (AvgIpc) is 2.90. The topological polar surface area (TPSA) is 54.0 Å². The van der Waals surface area contributed by atoms with Crippen molar-refractivity contribution in [3.63, 3.8) is 0 Å². The Hall–Kier alpha value is -3.25. The summed E-state index contributed by atoms with van der Waals surface area (Å²) in [7, 11) is 0. The predicted molar refractivity (Wildman–Crippen MR) is 139 cm³/mol. The second kappa shape index (κ2) is 13.7. The van der Waals surface area contributed by atoms with Crippen molar-refractivity contribution in [2.24, 2.45) is 0 Å². The van der Waals surface area contributed by atoms with Gasteiger partial charge < -0.3 is 18.9 Å². The SMILES string of the molecule is CC(=O)O[C@H]1CC/C=C\[C@@H](OCc2ccccc2)[C@H](OCc2ccccc2)[C@H]1OCc1ccccc1. The molecular formula is C31H34O5. The Bertz CT molecular complexity index is 1070. The van der Waals surface area contributed by atoms with E-state index in [2.05, 4.69) is 12.2 Å². The van der Waals surface area contributed by atoms with E-state index in [-0.39, 0.29) is 12.1 Å². The van der Waals surface area contributed by atoms with Crippen LogP contribution in [0.15, 0.2) is 103 Å². The van der Waals surface area contributed by atoms with Gasteiger partial charge in [0, 0.05) is 6.92 Å². The maximum Gasteiger partial charge on any atom is 0.302 e. The molecule has 0 fully saturated rings. The molecule has 0 amide bonds. The van der Waals surface area contributed by atoms with Crippen LogP contribution in [0.1, 0.15) is 36.5 Å². The number of carbonyl (C=O) groups is 1. The van der Waals surface area contributed by atoms with Gasteiger partial charge >= 0.3 is 5.97 Å². The van der Waals surface area contributed by atoms with Crippen LogP contribution in [0, 0.1) is 0 Å². The normalized spacial score (nSPS) is 22.8. The predicted octanol–water partition coefficient (Wildman–Crippen LogP) is 6.02. The lowest BCUT2D eigenvalue weighted by Gasteiger charge is -2.37. The molecule has 188 valence electrons. The van der Waals surface area contributed by atoms with E-state index in [1.807, 2.05) is 91.0 Å². The first-order chi connectivity index (χ1) is 17.7. The van der Waals surface area contributed by atoms with E-state index in [4.69, 9.17) is 18.9 Å². The number of hydrogen-bond acceptors (Lipinski definition) is 5. The van der Waals surface area contributed by atoms with Crippen LogP contribution in [-0.4, -0.2) is 30.4 Å². The zero-order valence-electron chi connectivity index (χ0n) is 20.7. The number of rotatable bonds is 10. The lowest BCUT2D eigenvalue weighted by Crippen LogP contribution is -2.50. The van der Waals surface area contributed by atoms with Crippen molar-refractivity contribution in [2.45, 2.75) is 64.0 Å². The second-order valence-corrected chi connectivity index (χ2v) is 8.94. The van der Waals surface area contributed by atoms with Crippen LogP contribution in [0.2, 0.25) is 0 Å². The third-order valence-corrected chi connectivity index (χ3v) is 6.13. The third-order valence-electron chi connectivity index (χ3n) is 6.13. The van der Waals surface area contributed by atoms with E-state index in [0.717, 1.165) is 23.1 Å². The van der Waals surface area contributed by atoms with Gasteiger partial charge in [0.05, 0.1) is 19.8 Å². The monoisotopic (exact) mass is 486 g/mol. The lowest BCUT2D eigenvalue weighted by atomic mass is 9.95. The Balaban J connectivity index is 1.61. The molecule has 3 aromatic rings. The highest BCUT2D eigenvalue weighted by molar-refractivity contribution is 5.66. The van der Waals surface area contributed by atoms with Crippen LogP contribution >= 0.6 is 0 Å². The van der Waals surface area contributed by atoms with Gasteiger partial charge in [0.25, 0.3) is 0 Å². The molecule has 0 unspecified atom stereocenters. The van der Waals surface area contributed by atoms with Gasteiger partial charge in [-0.25, -0.2) is 0 Å². The highest BCUT2D eigenvalue weighted by Gasteiger charge is 2.39. The molecule has 0 radical (unpaired) electrons. The number of esters is 1. The van der Waals surface area contributed by atoms with Gasteiger partial charge in [-0.05, 0) is 29.5 Å². The van der Waals surface area contributed by atoms with Crippen LogP contribution in [0.25, 0.3) is 0 Å². The summed E-state index contributed by atoms with van der Waals surface area (Å²) in [5.41, 5.74) is 3.17. The first-order valence-electron chi connectivity index (χ1n) is 12.5. The van der Waals surface area contributed by atoms with E-state index in [1.165, 1.54) is 6.92 Å². The molecule has 1 aliphatic carbocycles. The molecule has 0 aromatic heterocycles. The Morgan fingerprint density at radius 2 is 1.17 bits per heavy atom. The summed E-state index contributed by atoms with van der Waals surface area (Å²) in [5.74, 6) is -0.332. The highest BCUT2D eigenvalue weighted by atomic mass is 16.6. The molecule has 3 aromatic carbocycles. The molecular weight excluding hydrogens is 452 g/mol. The van der Waals surface area contributed by atoms with Crippen molar-refractivity contribution >= 4 is 5.97 Å². The minimum atomic E-state index is -0.511. The molecule has 1 aliphatic rings. The zero-order valence-corrected chi connectivity index (χ0v) is 20.7. The van der Waals surface area contributed by atoms with E-state index in [1.54, 1.807) is 0 Å². The number of benzene rings is 3. The fourth-order valence-corrected chi connectivity index (χ4v) is 4.34. The van der Waals surface area contributed by atoms with Gasteiger partial charge in [0.1, 0.15) is 24.4 Å². The van der Waals surface area contributed by atoms with Gasteiger partial charge in [-0.3, -0.25) is 4.79 Å². The molecule has 4 atom stereocenters. The first kappa shape index (κ1) is 25.8. The van der Waals surface area contributed by atoms with Crippen LogP contribution in [0.5, 0.6) is 0 Å². The number of hydrogen-bond donors (Lipinski definition) is 0. The molecule has 0 saturated carbocycles. The van der Waals surface area contributed by atoms with E-state index < -0.39 is 18.3 Å². The lowest BCUT2D eigenvalue weighted by molar-refractivity contribution is -0.188. The molecule has 0 aliphatic heterocycles. The molecule has 0 saturated heterocycles. The molecule has 0 N–H and O–H groups in total. The summed E-state index contributed by atoms with van der Waals surface area (Å²) in [5, 5.41) is 0. The van der Waals surface area contributed by atoms with Crippen molar-refractivity contribution in [1.82, 2.24) is 0 Å². The van der Waals surface area contributed by atoms with Gasteiger partial charge in [0.15, 0.2) is 0 Å². The second-order valence-electron chi connectivity index (χ2n) is 8.94. The minimum absolute atomic E-state index is 0.332. The van der Waals surface area contributed by atoms with Gasteiger partial charge in [-0.1, -0.05) is 103 Å². The Labute approximate surface area is 213 Å². The summed E-state index contributed by atoms with van der Waals surface area (Å²) in [6, 6.07) is 30.1. The van der Waals surface area contributed by atoms with Crippen LogP contribution < -0.4 is 0 Å². The third kappa shape index (κ3) is 7.89. The van der Waals surface area contributed by atoms with Crippen molar-refractivity contribution < 1.29 is 23.7 Å². The summed E-state index contributed by atoms with van der Waals surface area (Å²) >= 11 is 0. The Morgan fingerprint density at radius 3 is 1.67 bits per heavy atom. The molecule has 0 bridgehead atoms. The highest BCUT2D eigenvalue weighted by Crippen LogP contribution is 2.27. The summed E-state index contributed by atoms with van der Waals surface area (Å²) < 4.78 is 25.2. The van der Waals surface area contributed by atoms with Crippen molar-refractivity contribution in [1.29, 1.82) is 0 Å². The molecule has 36 heavy (non-hydrogen) atoms. The molecule has 5 heteroatoms. The largest absolute Gasteiger partial charge is 0.460 e. The maximum atomic E-state index is 12.0. The van der Waals surface area contributed by atoms with Crippen molar-refractivity contribution in [3.8, 4) is 0 Å². The Kier molecular flexibility index (Phi) is 9.86. The smallest absolute Gasteiger partial charge is 0.302 e. The number of allylic oxidation sites excluding steroid dienone is 1.